The quantitative estimate of drug-likeness (QED) is 0.864. The van der Waals surface area contributed by atoms with Crippen molar-refractivity contribution in [3.8, 4) is 5.75 Å². The fraction of sp³-hybridized carbons (Fsp3) is 0.368. The third kappa shape index (κ3) is 5.06. The molecule has 0 spiro atoms. The molecule has 0 saturated carbocycles. The van der Waals surface area contributed by atoms with Gasteiger partial charge in [0.1, 0.15) is 5.75 Å². The number of benzene rings is 1. The highest BCUT2D eigenvalue weighted by atomic mass is 32.1. The van der Waals surface area contributed by atoms with Crippen LogP contribution in [0.2, 0.25) is 0 Å². The molecule has 0 atom stereocenters. The molecule has 132 valence electrons. The molecule has 1 aromatic carbocycles. The molecule has 0 unspecified atom stereocenters. The minimum Gasteiger partial charge on any atom is -0.484 e. The number of piperidine rings is 1. The summed E-state index contributed by atoms with van der Waals surface area (Å²) in [7, 11) is 0. The fourth-order valence-electron chi connectivity index (χ4n) is 2.87. The largest absolute Gasteiger partial charge is 0.484 e. The van der Waals surface area contributed by atoms with E-state index < -0.39 is 0 Å². The van der Waals surface area contributed by atoms with Crippen LogP contribution in [0, 0.1) is 5.92 Å². The number of rotatable bonds is 6. The number of ether oxygens (including phenoxy) is 1. The van der Waals surface area contributed by atoms with Gasteiger partial charge >= 0.3 is 0 Å². The van der Waals surface area contributed by atoms with Crippen molar-refractivity contribution in [3.63, 3.8) is 0 Å². The summed E-state index contributed by atoms with van der Waals surface area (Å²) in [5, 5.41) is 6.73. The lowest BCUT2D eigenvalue weighted by Gasteiger charge is -2.32. The van der Waals surface area contributed by atoms with Crippen molar-refractivity contribution in [2.75, 3.05) is 26.2 Å². The zero-order valence-corrected chi connectivity index (χ0v) is 14.8. The topological polar surface area (TPSA) is 58.6 Å². The summed E-state index contributed by atoms with van der Waals surface area (Å²) in [4.78, 5) is 26.0. The first-order valence-corrected chi connectivity index (χ1v) is 9.42. The minimum absolute atomic E-state index is 0.0176. The molecule has 1 aliphatic heterocycles. The van der Waals surface area contributed by atoms with Crippen LogP contribution in [0.15, 0.2) is 47.2 Å². The molecule has 1 fully saturated rings. The highest BCUT2D eigenvalue weighted by Crippen LogP contribution is 2.17. The van der Waals surface area contributed by atoms with Crippen LogP contribution in [-0.2, 0) is 4.79 Å². The summed E-state index contributed by atoms with van der Waals surface area (Å²) in [6.07, 6.45) is 1.81. The normalized spacial score (nSPS) is 15.0. The number of hydrogen-bond donors (Lipinski definition) is 1. The van der Waals surface area contributed by atoms with Gasteiger partial charge in [0.05, 0.1) is 0 Å². The second-order valence-electron chi connectivity index (χ2n) is 6.15. The highest BCUT2D eigenvalue weighted by Gasteiger charge is 2.23. The molecule has 25 heavy (non-hydrogen) atoms. The average Bonchev–Trinajstić information content (AvgIpc) is 3.20. The first-order valence-electron chi connectivity index (χ1n) is 8.48. The Balaban J connectivity index is 1.36. The molecular weight excluding hydrogens is 336 g/mol. The Morgan fingerprint density at radius 3 is 2.60 bits per heavy atom. The van der Waals surface area contributed by atoms with E-state index in [1.165, 1.54) is 11.3 Å². The molecule has 0 radical (unpaired) electrons. The average molecular weight is 358 g/mol. The third-order valence-corrected chi connectivity index (χ3v) is 5.09. The first kappa shape index (κ1) is 17.5. The van der Waals surface area contributed by atoms with Gasteiger partial charge in [-0.1, -0.05) is 18.2 Å². The Morgan fingerprint density at radius 1 is 1.16 bits per heavy atom. The number of carbonyl (C=O) groups excluding carboxylic acids is 2. The van der Waals surface area contributed by atoms with Gasteiger partial charge in [-0.25, -0.2) is 0 Å². The maximum atomic E-state index is 12.2. The summed E-state index contributed by atoms with van der Waals surface area (Å²) < 4.78 is 5.52. The summed E-state index contributed by atoms with van der Waals surface area (Å²) >= 11 is 1.52. The molecule has 2 aromatic rings. The summed E-state index contributed by atoms with van der Waals surface area (Å²) in [6, 6.07) is 11.2. The van der Waals surface area contributed by atoms with Gasteiger partial charge in [-0.2, -0.15) is 11.3 Å². The molecular formula is C19H22N2O3S. The Kier molecular flexibility index (Phi) is 6.06. The standard InChI is InChI=1S/C19H22N2O3S/c22-18(13-24-17-4-2-1-3-5-17)21-9-6-15(7-10-21)12-20-19(23)16-8-11-25-14-16/h1-5,8,11,14-15H,6-7,9-10,12-13H2,(H,20,23). The number of nitrogens with one attached hydrogen (secondary N) is 1. The van der Waals surface area contributed by atoms with Crippen LogP contribution >= 0.6 is 11.3 Å². The summed E-state index contributed by atoms with van der Waals surface area (Å²) in [6.45, 7) is 2.17. The fourth-order valence-corrected chi connectivity index (χ4v) is 3.51. The number of hydrogen-bond acceptors (Lipinski definition) is 4. The smallest absolute Gasteiger partial charge is 0.260 e. The Bertz CT molecular complexity index is 680. The summed E-state index contributed by atoms with van der Waals surface area (Å²) in [5.41, 5.74) is 0.718. The lowest BCUT2D eigenvalue weighted by Crippen LogP contribution is -2.43. The van der Waals surface area contributed by atoms with Gasteiger partial charge in [0.25, 0.3) is 11.8 Å². The van der Waals surface area contributed by atoms with Crippen molar-refractivity contribution in [1.29, 1.82) is 0 Å². The highest BCUT2D eigenvalue weighted by molar-refractivity contribution is 7.08. The van der Waals surface area contributed by atoms with E-state index in [1.54, 1.807) is 0 Å². The van der Waals surface area contributed by atoms with Crippen molar-refractivity contribution in [2.24, 2.45) is 5.92 Å². The number of thiophene rings is 1. The van der Waals surface area contributed by atoms with Gasteiger partial charge in [0.15, 0.2) is 6.61 Å². The van der Waals surface area contributed by atoms with E-state index >= 15 is 0 Å². The molecule has 1 saturated heterocycles. The van der Waals surface area contributed by atoms with Crippen LogP contribution in [0.3, 0.4) is 0 Å². The van der Waals surface area contributed by atoms with Crippen LogP contribution in [0.1, 0.15) is 23.2 Å². The number of carbonyl (C=O) groups is 2. The molecule has 1 aromatic heterocycles. The molecule has 3 rings (SSSR count). The van der Waals surface area contributed by atoms with E-state index in [0.29, 0.717) is 18.2 Å². The second kappa shape index (κ2) is 8.67. The van der Waals surface area contributed by atoms with Crippen LogP contribution in [-0.4, -0.2) is 43.0 Å². The molecule has 6 heteroatoms. The first-order chi connectivity index (χ1) is 12.2. The molecule has 5 nitrogen and oxygen atoms in total. The van der Waals surface area contributed by atoms with Gasteiger partial charge in [-0.3, -0.25) is 9.59 Å². The lowest BCUT2D eigenvalue weighted by atomic mass is 9.96. The Labute approximate surface area is 151 Å². The van der Waals surface area contributed by atoms with E-state index in [2.05, 4.69) is 5.32 Å². The second-order valence-corrected chi connectivity index (χ2v) is 6.93. The molecule has 2 amide bonds. The van der Waals surface area contributed by atoms with Gasteiger partial charge in [0.2, 0.25) is 0 Å². The lowest BCUT2D eigenvalue weighted by molar-refractivity contribution is -0.134. The molecule has 1 N–H and O–H groups in total. The van der Waals surface area contributed by atoms with Gasteiger partial charge in [0, 0.05) is 30.6 Å². The molecule has 0 bridgehead atoms. The van der Waals surface area contributed by atoms with Crippen LogP contribution in [0.5, 0.6) is 5.75 Å². The molecule has 2 heterocycles. The van der Waals surface area contributed by atoms with Crippen molar-refractivity contribution < 1.29 is 14.3 Å². The number of nitrogens with zero attached hydrogens (tertiary/aromatic N) is 1. The SMILES string of the molecule is O=C(NCC1CCN(C(=O)COc2ccccc2)CC1)c1ccsc1. The van der Waals surface area contributed by atoms with E-state index in [9.17, 15) is 9.59 Å². The predicted octanol–water partition coefficient (Wildman–Crippen LogP) is 2.80. The Hall–Kier alpha value is -2.34. The predicted molar refractivity (Wildman–Crippen MR) is 97.9 cm³/mol. The molecule has 1 aliphatic rings. The van der Waals surface area contributed by atoms with Gasteiger partial charge in [-0.15, -0.1) is 0 Å². The van der Waals surface area contributed by atoms with Crippen molar-refractivity contribution >= 4 is 23.2 Å². The maximum absolute atomic E-state index is 12.2. The van der Waals surface area contributed by atoms with Crippen molar-refractivity contribution in [3.05, 3.63) is 52.7 Å². The zero-order valence-electron chi connectivity index (χ0n) is 14.0. The number of likely N-dealkylation sites (tertiary alicyclic amines) is 1. The van der Waals surface area contributed by atoms with E-state index in [0.717, 1.165) is 31.5 Å². The monoisotopic (exact) mass is 358 g/mol. The maximum Gasteiger partial charge on any atom is 0.260 e. The van der Waals surface area contributed by atoms with Crippen molar-refractivity contribution in [1.82, 2.24) is 10.2 Å². The summed E-state index contributed by atoms with van der Waals surface area (Å²) in [5.74, 6) is 1.13. The minimum atomic E-state index is -0.0176. The van der Waals surface area contributed by atoms with E-state index in [1.807, 2.05) is 52.1 Å². The van der Waals surface area contributed by atoms with Crippen LogP contribution in [0.25, 0.3) is 0 Å². The number of amides is 2. The third-order valence-electron chi connectivity index (χ3n) is 4.41. The van der Waals surface area contributed by atoms with E-state index in [-0.39, 0.29) is 18.4 Å². The van der Waals surface area contributed by atoms with E-state index in [4.69, 9.17) is 4.74 Å². The Morgan fingerprint density at radius 2 is 1.92 bits per heavy atom. The van der Waals surface area contributed by atoms with Crippen molar-refractivity contribution in [2.45, 2.75) is 12.8 Å². The van der Waals surface area contributed by atoms with Crippen LogP contribution < -0.4 is 10.1 Å². The number of para-hydroxylation sites is 1. The molecule has 0 aliphatic carbocycles. The zero-order chi connectivity index (χ0) is 17.5. The van der Waals surface area contributed by atoms with Crippen LogP contribution in [0.4, 0.5) is 0 Å². The van der Waals surface area contributed by atoms with Gasteiger partial charge < -0.3 is 15.0 Å². The van der Waals surface area contributed by atoms with Gasteiger partial charge in [-0.05, 0) is 42.3 Å².